The molecule has 3 aromatic heterocycles. The summed E-state index contributed by atoms with van der Waals surface area (Å²) in [5.74, 6) is 1.24. The van der Waals surface area contributed by atoms with Crippen molar-refractivity contribution in [3.05, 3.63) is 61.2 Å². The van der Waals surface area contributed by atoms with E-state index < -0.39 is 0 Å². The zero-order valence-electron chi connectivity index (χ0n) is 16.1. The second-order valence-electron chi connectivity index (χ2n) is 7.36. The lowest BCUT2D eigenvalue weighted by Crippen LogP contribution is -2.13. The Morgan fingerprint density at radius 3 is 2.38 bits per heavy atom. The highest BCUT2D eigenvalue weighted by Crippen LogP contribution is 2.33. The van der Waals surface area contributed by atoms with Gasteiger partial charge in [0.15, 0.2) is 17.0 Å². The summed E-state index contributed by atoms with van der Waals surface area (Å²) in [6.07, 6.45) is 11.6. The Hall–Kier alpha value is -3.48. The highest BCUT2D eigenvalue weighted by Gasteiger charge is 2.21. The Morgan fingerprint density at radius 1 is 0.828 bits per heavy atom. The largest absolute Gasteiger partial charge is 0.338 e. The fourth-order valence-electron chi connectivity index (χ4n) is 3.91. The molecule has 1 aliphatic carbocycles. The van der Waals surface area contributed by atoms with Crippen LogP contribution in [0.1, 0.15) is 38.1 Å². The lowest BCUT2D eigenvalue weighted by atomic mass is 9.95. The van der Waals surface area contributed by atoms with Crippen molar-refractivity contribution in [2.24, 2.45) is 0 Å². The van der Waals surface area contributed by atoms with E-state index in [1.165, 1.54) is 32.1 Å². The predicted molar refractivity (Wildman–Crippen MR) is 115 cm³/mol. The van der Waals surface area contributed by atoms with Gasteiger partial charge in [-0.3, -0.25) is 4.98 Å². The molecule has 1 fully saturated rings. The number of fused-ring (bicyclic) bond motifs is 1. The van der Waals surface area contributed by atoms with Crippen LogP contribution in [0.15, 0.2) is 61.2 Å². The molecule has 0 unspecified atom stereocenters. The Balaban J connectivity index is 1.58. The summed E-state index contributed by atoms with van der Waals surface area (Å²) < 4.78 is 2.23. The standard InChI is InChI=1S/C22H23N7/c1-3-7-16(8-4-1)25-20-19-21(29(15-24-19)18-9-5-2-6-10-18)28-22(27-20)26-17-11-13-23-14-12-17/h1,3-4,7-8,11-15,18H,2,5-6,9-10H2,(H2,23,25,26,27,28). The number of rotatable bonds is 5. The molecule has 3 heterocycles. The normalized spacial score (nSPS) is 14.8. The minimum atomic E-state index is 0.446. The third kappa shape index (κ3) is 3.76. The molecule has 146 valence electrons. The Morgan fingerprint density at radius 2 is 1.59 bits per heavy atom. The van der Waals surface area contributed by atoms with Crippen LogP contribution in [0.5, 0.6) is 0 Å². The van der Waals surface area contributed by atoms with E-state index in [0.29, 0.717) is 17.8 Å². The lowest BCUT2D eigenvalue weighted by molar-refractivity contribution is 0.358. The van der Waals surface area contributed by atoms with Gasteiger partial charge < -0.3 is 15.2 Å². The highest BCUT2D eigenvalue weighted by molar-refractivity contribution is 5.87. The van der Waals surface area contributed by atoms with E-state index in [-0.39, 0.29) is 0 Å². The van der Waals surface area contributed by atoms with Crippen LogP contribution in [-0.2, 0) is 0 Å². The third-order valence-electron chi connectivity index (χ3n) is 5.36. The average Bonchev–Trinajstić information content (AvgIpc) is 3.20. The van der Waals surface area contributed by atoms with Crippen molar-refractivity contribution in [2.45, 2.75) is 38.1 Å². The fraction of sp³-hybridized carbons (Fsp3) is 0.273. The maximum absolute atomic E-state index is 4.83. The first-order valence-corrected chi connectivity index (χ1v) is 10.1. The smallest absolute Gasteiger partial charge is 0.231 e. The van der Waals surface area contributed by atoms with E-state index in [2.05, 4.69) is 25.2 Å². The van der Waals surface area contributed by atoms with E-state index in [1.807, 2.05) is 48.8 Å². The Kier molecular flexibility index (Phi) is 4.78. The summed E-state index contributed by atoms with van der Waals surface area (Å²) in [5.41, 5.74) is 3.52. The van der Waals surface area contributed by atoms with Gasteiger partial charge >= 0.3 is 0 Å². The van der Waals surface area contributed by atoms with Crippen molar-refractivity contribution in [2.75, 3.05) is 10.6 Å². The van der Waals surface area contributed by atoms with Crippen molar-refractivity contribution in [3.8, 4) is 0 Å². The van der Waals surface area contributed by atoms with Crippen LogP contribution in [-0.4, -0.2) is 24.5 Å². The van der Waals surface area contributed by atoms with E-state index in [1.54, 1.807) is 12.4 Å². The van der Waals surface area contributed by atoms with Crippen molar-refractivity contribution in [1.29, 1.82) is 0 Å². The molecule has 7 heteroatoms. The topological polar surface area (TPSA) is 80.6 Å². The first kappa shape index (κ1) is 17.6. The Labute approximate surface area is 169 Å². The molecule has 0 radical (unpaired) electrons. The van der Waals surface area contributed by atoms with Crippen LogP contribution < -0.4 is 10.6 Å². The zero-order chi connectivity index (χ0) is 19.5. The summed E-state index contributed by atoms with van der Waals surface area (Å²) in [6.45, 7) is 0. The summed E-state index contributed by atoms with van der Waals surface area (Å²) in [7, 11) is 0. The number of nitrogens with one attached hydrogen (secondary N) is 2. The van der Waals surface area contributed by atoms with E-state index in [4.69, 9.17) is 9.97 Å². The van der Waals surface area contributed by atoms with Gasteiger partial charge in [0.2, 0.25) is 5.95 Å². The minimum Gasteiger partial charge on any atom is -0.338 e. The summed E-state index contributed by atoms with van der Waals surface area (Å²) in [5, 5.41) is 6.71. The first-order valence-electron chi connectivity index (χ1n) is 10.1. The summed E-state index contributed by atoms with van der Waals surface area (Å²) in [6, 6.07) is 14.3. The quantitative estimate of drug-likeness (QED) is 0.491. The number of nitrogens with zero attached hydrogens (tertiary/aromatic N) is 5. The molecular weight excluding hydrogens is 362 g/mol. The predicted octanol–water partition coefficient (Wildman–Crippen LogP) is 5.21. The second kappa shape index (κ2) is 7.87. The Bertz CT molecular complexity index is 1090. The number of anilines is 4. The molecule has 0 saturated heterocycles. The molecule has 0 atom stereocenters. The van der Waals surface area contributed by atoms with Gasteiger partial charge in [0.25, 0.3) is 0 Å². The van der Waals surface area contributed by atoms with Crippen LogP contribution >= 0.6 is 0 Å². The van der Waals surface area contributed by atoms with Crippen LogP contribution in [0, 0.1) is 0 Å². The van der Waals surface area contributed by atoms with Crippen molar-refractivity contribution >= 4 is 34.3 Å². The maximum Gasteiger partial charge on any atom is 0.231 e. The van der Waals surface area contributed by atoms with Gasteiger partial charge in [0.1, 0.15) is 0 Å². The fourth-order valence-corrected chi connectivity index (χ4v) is 3.91. The first-order chi connectivity index (χ1) is 14.4. The van der Waals surface area contributed by atoms with E-state index >= 15 is 0 Å². The molecule has 1 aromatic carbocycles. The molecular formula is C22H23N7. The van der Waals surface area contributed by atoms with Gasteiger partial charge in [-0.2, -0.15) is 9.97 Å². The van der Waals surface area contributed by atoms with Gasteiger partial charge in [0.05, 0.1) is 6.33 Å². The van der Waals surface area contributed by atoms with E-state index in [0.717, 1.165) is 22.5 Å². The molecule has 7 nitrogen and oxygen atoms in total. The number of benzene rings is 1. The molecule has 5 rings (SSSR count). The monoisotopic (exact) mass is 385 g/mol. The van der Waals surface area contributed by atoms with Crippen molar-refractivity contribution in [3.63, 3.8) is 0 Å². The highest BCUT2D eigenvalue weighted by atomic mass is 15.2. The second-order valence-corrected chi connectivity index (χ2v) is 7.36. The van der Waals surface area contributed by atoms with Crippen LogP contribution in [0.3, 0.4) is 0 Å². The van der Waals surface area contributed by atoms with Crippen LogP contribution in [0.4, 0.5) is 23.1 Å². The SMILES string of the molecule is c1ccc(Nc2nc(Nc3ccncc3)nc3c2ncn3C2CCCCC2)cc1. The molecule has 4 aromatic rings. The van der Waals surface area contributed by atoms with Gasteiger partial charge in [0, 0.05) is 29.8 Å². The van der Waals surface area contributed by atoms with Gasteiger partial charge in [-0.1, -0.05) is 37.5 Å². The van der Waals surface area contributed by atoms with Crippen molar-refractivity contribution in [1.82, 2.24) is 24.5 Å². The van der Waals surface area contributed by atoms with Gasteiger partial charge in [-0.05, 0) is 37.1 Å². The number of pyridine rings is 1. The number of hydrogen-bond donors (Lipinski definition) is 2. The third-order valence-corrected chi connectivity index (χ3v) is 5.36. The molecule has 0 aliphatic heterocycles. The summed E-state index contributed by atoms with van der Waals surface area (Å²) >= 11 is 0. The van der Waals surface area contributed by atoms with Crippen LogP contribution in [0.25, 0.3) is 11.2 Å². The molecule has 0 bridgehead atoms. The molecule has 2 N–H and O–H groups in total. The minimum absolute atomic E-state index is 0.446. The number of hydrogen-bond acceptors (Lipinski definition) is 6. The lowest BCUT2D eigenvalue weighted by Gasteiger charge is -2.23. The van der Waals surface area contributed by atoms with Gasteiger partial charge in [-0.15, -0.1) is 0 Å². The van der Waals surface area contributed by atoms with Gasteiger partial charge in [-0.25, -0.2) is 4.98 Å². The maximum atomic E-state index is 4.83. The molecule has 0 spiro atoms. The van der Waals surface area contributed by atoms with Crippen LogP contribution in [0.2, 0.25) is 0 Å². The number of para-hydroxylation sites is 1. The molecule has 0 amide bonds. The summed E-state index contributed by atoms with van der Waals surface area (Å²) in [4.78, 5) is 18.3. The van der Waals surface area contributed by atoms with Crippen molar-refractivity contribution < 1.29 is 0 Å². The van der Waals surface area contributed by atoms with E-state index in [9.17, 15) is 0 Å². The molecule has 1 saturated carbocycles. The number of aromatic nitrogens is 5. The molecule has 1 aliphatic rings. The zero-order valence-corrected chi connectivity index (χ0v) is 16.1. The average molecular weight is 385 g/mol. The molecule has 29 heavy (non-hydrogen) atoms. The number of imidazole rings is 1.